The van der Waals surface area contributed by atoms with E-state index < -0.39 is 5.97 Å². The summed E-state index contributed by atoms with van der Waals surface area (Å²) in [4.78, 5) is 10.7. The maximum atomic E-state index is 10.7. The van der Waals surface area contributed by atoms with E-state index in [1.807, 2.05) is 0 Å². The van der Waals surface area contributed by atoms with Crippen molar-refractivity contribution in [2.75, 3.05) is 20.3 Å². The van der Waals surface area contributed by atoms with Gasteiger partial charge in [0, 0.05) is 19.3 Å². The Labute approximate surface area is 94.8 Å². The summed E-state index contributed by atoms with van der Waals surface area (Å²) in [6.07, 6.45) is 1.72. The van der Waals surface area contributed by atoms with Gasteiger partial charge in [0.15, 0.2) is 0 Å². The van der Waals surface area contributed by atoms with Gasteiger partial charge >= 0.3 is 0 Å². The lowest BCUT2D eigenvalue weighted by Gasteiger charge is -2.11. The van der Waals surface area contributed by atoms with Crippen LogP contribution >= 0.6 is 0 Å². The predicted molar refractivity (Wildman–Crippen MR) is 57.4 cm³/mol. The number of hydrogen-bond acceptors (Lipinski definition) is 4. The van der Waals surface area contributed by atoms with Crippen LogP contribution in [0.3, 0.4) is 0 Å². The molecule has 0 amide bonds. The largest absolute Gasteiger partial charge is 0.545 e. The minimum atomic E-state index is -1.22. The highest BCUT2D eigenvalue weighted by Crippen LogP contribution is 2.17. The van der Waals surface area contributed by atoms with Gasteiger partial charge < -0.3 is 19.4 Å². The number of carbonyl (C=O) groups excluding carboxylic acids is 1. The van der Waals surface area contributed by atoms with Crippen molar-refractivity contribution in [1.29, 1.82) is 0 Å². The van der Waals surface area contributed by atoms with Gasteiger partial charge in [-0.15, -0.1) is 0 Å². The summed E-state index contributed by atoms with van der Waals surface area (Å²) in [6.45, 7) is 1.17. The van der Waals surface area contributed by atoms with Gasteiger partial charge in [0.1, 0.15) is 5.75 Å². The van der Waals surface area contributed by atoms with Crippen LogP contribution in [-0.2, 0) is 4.74 Å². The maximum absolute atomic E-state index is 10.7. The second kappa shape index (κ2) is 6.85. The minimum absolute atomic E-state index is 0.0919. The molecule has 1 aromatic rings. The summed E-state index contributed by atoms with van der Waals surface area (Å²) in [5.41, 5.74) is 0.0919. The smallest absolute Gasteiger partial charge is 0.128 e. The zero-order valence-corrected chi connectivity index (χ0v) is 9.27. The highest BCUT2D eigenvalue weighted by Gasteiger charge is 2.02. The molecular weight excluding hydrogens is 208 g/mol. The molecule has 0 N–H and O–H groups in total. The number of benzene rings is 1. The Balaban J connectivity index is 2.44. The van der Waals surface area contributed by atoms with Crippen molar-refractivity contribution in [3.05, 3.63) is 29.8 Å². The van der Waals surface area contributed by atoms with Gasteiger partial charge in [0.05, 0.1) is 12.6 Å². The Morgan fingerprint density at radius 1 is 1.25 bits per heavy atom. The number of hydrogen-bond donors (Lipinski definition) is 0. The van der Waals surface area contributed by atoms with E-state index in [4.69, 9.17) is 9.47 Å². The van der Waals surface area contributed by atoms with Crippen LogP contribution in [0.15, 0.2) is 24.3 Å². The van der Waals surface area contributed by atoms with Crippen LogP contribution in [0.1, 0.15) is 23.2 Å². The van der Waals surface area contributed by atoms with E-state index in [9.17, 15) is 9.90 Å². The van der Waals surface area contributed by atoms with Gasteiger partial charge in [-0.1, -0.05) is 12.1 Å². The third kappa shape index (κ3) is 3.90. The number of carboxylic acid groups (broad SMARTS) is 1. The topological polar surface area (TPSA) is 58.6 Å². The molecule has 0 spiro atoms. The normalized spacial score (nSPS) is 10.1. The lowest BCUT2D eigenvalue weighted by atomic mass is 10.2. The number of carboxylic acids is 1. The first-order chi connectivity index (χ1) is 7.75. The Bertz CT molecular complexity index is 336. The number of ether oxygens (including phenoxy) is 2. The SMILES string of the molecule is COCCCCOc1ccccc1C(=O)[O-]. The zero-order valence-electron chi connectivity index (χ0n) is 9.27. The van der Waals surface area contributed by atoms with Gasteiger partial charge in [-0.3, -0.25) is 0 Å². The second-order valence-electron chi connectivity index (χ2n) is 3.33. The van der Waals surface area contributed by atoms with Crippen molar-refractivity contribution in [2.24, 2.45) is 0 Å². The van der Waals surface area contributed by atoms with Crippen molar-refractivity contribution in [3.8, 4) is 5.75 Å². The molecule has 0 aliphatic carbocycles. The molecular formula is C12H15O4-. The van der Waals surface area contributed by atoms with Gasteiger partial charge in [-0.05, 0) is 25.0 Å². The Hall–Kier alpha value is -1.55. The molecule has 0 aromatic heterocycles. The van der Waals surface area contributed by atoms with E-state index in [-0.39, 0.29) is 5.56 Å². The molecule has 0 saturated heterocycles. The van der Waals surface area contributed by atoms with Gasteiger partial charge in [0.2, 0.25) is 0 Å². The molecule has 1 rings (SSSR count). The highest BCUT2D eigenvalue weighted by molar-refractivity contribution is 5.89. The fraction of sp³-hybridized carbons (Fsp3) is 0.417. The summed E-state index contributed by atoms with van der Waals surface area (Å²) in [5, 5.41) is 10.7. The van der Waals surface area contributed by atoms with Crippen LogP contribution in [0.25, 0.3) is 0 Å². The van der Waals surface area contributed by atoms with E-state index in [1.54, 1.807) is 25.3 Å². The number of aromatic carboxylic acids is 1. The number of carbonyl (C=O) groups is 1. The third-order valence-electron chi connectivity index (χ3n) is 2.11. The first kappa shape index (κ1) is 12.5. The molecule has 0 bridgehead atoms. The fourth-order valence-electron chi connectivity index (χ4n) is 1.29. The average molecular weight is 223 g/mol. The average Bonchev–Trinajstić information content (AvgIpc) is 2.29. The quantitative estimate of drug-likeness (QED) is 0.643. The molecule has 0 unspecified atom stereocenters. The van der Waals surface area contributed by atoms with E-state index in [0.717, 1.165) is 12.8 Å². The van der Waals surface area contributed by atoms with Crippen LogP contribution in [0.2, 0.25) is 0 Å². The molecule has 0 aliphatic rings. The first-order valence-corrected chi connectivity index (χ1v) is 5.18. The molecule has 16 heavy (non-hydrogen) atoms. The number of methoxy groups -OCH3 is 1. The molecule has 88 valence electrons. The summed E-state index contributed by atoms with van der Waals surface area (Å²) >= 11 is 0. The maximum Gasteiger partial charge on any atom is 0.128 e. The first-order valence-electron chi connectivity index (χ1n) is 5.18. The second-order valence-corrected chi connectivity index (χ2v) is 3.33. The van der Waals surface area contributed by atoms with Crippen molar-refractivity contribution in [2.45, 2.75) is 12.8 Å². The molecule has 1 aromatic carbocycles. The summed E-state index contributed by atoms with van der Waals surface area (Å²) < 4.78 is 10.3. The lowest BCUT2D eigenvalue weighted by Crippen LogP contribution is -2.23. The molecule has 4 heteroatoms. The molecule has 0 atom stereocenters. The van der Waals surface area contributed by atoms with Gasteiger partial charge in [0.25, 0.3) is 0 Å². The minimum Gasteiger partial charge on any atom is -0.545 e. The van der Waals surface area contributed by atoms with E-state index >= 15 is 0 Å². The van der Waals surface area contributed by atoms with Crippen molar-refractivity contribution < 1.29 is 19.4 Å². The van der Waals surface area contributed by atoms with Gasteiger partial charge in [-0.25, -0.2) is 0 Å². The van der Waals surface area contributed by atoms with Crippen LogP contribution in [0.5, 0.6) is 5.75 Å². The van der Waals surface area contributed by atoms with Crippen molar-refractivity contribution >= 4 is 5.97 Å². The fourth-order valence-corrected chi connectivity index (χ4v) is 1.29. The van der Waals surface area contributed by atoms with Crippen LogP contribution < -0.4 is 9.84 Å². The summed E-state index contributed by atoms with van der Waals surface area (Å²) in [6, 6.07) is 6.47. The van der Waals surface area contributed by atoms with Gasteiger partial charge in [-0.2, -0.15) is 0 Å². The van der Waals surface area contributed by atoms with Crippen LogP contribution in [-0.4, -0.2) is 26.3 Å². The predicted octanol–water partition coefficient (Wildman–Crippen LogP) is 0.855. The Morgan fingerprint density at radius 3 is 2.62 bits per heavy atom. The molecule has 0 heterocycles. The molecule has 0 radical (unpaired) electrons. The molecule has 0 fully saturated rings. The standard InChI is InChI=1S/C12H16O4/c1-15-8-4-5-9-16-11-7-3-2-6-10(11)12(13)14/h2-3,6-7H,4-5,8-9H2,1H3,(H,13,14)/p-1. The van der Waals surface area contributed by atoms with Crippen LogP contribution in [0.4, 0.5) is 0 Å². The number of rotatable bonds is 7. The summed E-state index contributed by atoms with van der Waals surface area (Å²) in [5.74, 6) is -0.854. The number of unbranched alkanes of at least 4 members (excludes halogenated alkanes) is 1. The zero-order chi connectivity index (χ0) is 11.8. The molecule has 0 aliphatic heterocycles. The Kier molecular flexibility index (Phi) is 5.36. The third-order valence-corrected chi connectivity index (χ3v) is 2.11. The Morgan fingerprint density at radius 2 is 1.94 bits per heavy atom. The van der Waals surface area contributed by atoms with Crippen molar-refractivity contribution in [1.82, 2.24) is 0 Å². The lowest BCUT2D eigenvalue weighted by molar-refractivity contribution is -0.255. The van der Waals surface area contributed by atoms with E-state index in [0.29, 0.717) is 19.0 Å². The molecule has 0 saturated carbocycles. The van der Waals surface area contributed by atoms with Crippen molar-refractivity contribution in [3.63, 3.8) is 0 Å². The van der Waals surface area contributed by atoms with E-state index in [2.05, 4.69) is 0 Å². The van der Waals surface area contributed by atoms with E-state index in [1.165, 1.54) is 6.07 Å². The highest BCUT2D eigenvalue weighted by atomic mass is 16.5. The molecule has 4 nitrogen and oxygen atoms in total. The monoisotopic (exact) mass is 223 g/mol. The summed E-state index contributed by atoms with van der Waals surface area (Å²) in [7, 11) is 1.65. The van der Waals surface area contributed by atoms with Crippen LogP contribution in [0, 0.1) is 0 Å². The number of para-hydroxylation sites is 1.